The summed E-state index contributed by atoms with van der Waals surface area (Å²) in [6, 6.07) is 0. The van der Waals surface area contributed by atoms with E-state index in [1.807, 2.05) is 0 Å². The van der Waals surface area contributed by atoms with Gasteiger partial charge in [0.2, 0.25) is 0 Å². The maximum atomic E-state index is 11.5. The zero-order valence-electron chi connectivity index (χ0n) is 9.03. The molecule has 2 heterocycles. The zero-order valence-corrected chi connectivity index (χ0v) is 9.85. The van der Waals surface area contributed by atoms with Crippen LogP contribution in [0.1, 0.15) is 4.88 Å². The molecular weight excluding hydrogens is 260 g/mol. The summed E-state index contributed by atoms with van der Waals surface area (Å²) in [6.07, 6.45) is 3.70. The lowest BCUT2D eigenvalue weighted by Crippen LogP contribution is -2.46. The molecule has 0 spiro atoms. The largest absolute Gasteiger partial charge is 0.478 e. The summed E-state index contributed by atoms with van der Waals surface area (Å²) >= 11 is 1.06. The van der Waals surface area contributed by atoms with Crippen LogP contribution in [0.3, 0.4) is 0 Å². The van der Waals surface area contributed by atoms with Crippen molar-refractivity contribution in [1.82, 2.24) is 4.98 Å². The molecule has 94 valence electrons. The zero-order chi connectivity index (χ0) is 13.1. The Labute approximate surface area is 105 Å². The number of carbonyl (C=O) groups is 3. The summed E-state index contributed by atoms with van der Waals surface area (Å²) in [5.74, 6) is -2.03. The maximum Gasteiger partial charge on any atom is 0.328 e. The summed E-state index contributed by atoms with van der Waals surface area (Å²) in [7, 11) is 0. The Morgan fingerprint density at radius 1 is 1.44 bits per heavy atom. The fourth-order valence-electron chi connectivity index (χ4n) is 1.32. The van der Waals surface area contributed by atoms with Crippen LogP contribution in [0.25, 0.3) is 6.08 Å². The SMILES string of the molecule is O=C(O)/C=C/c1cnc(N2C(=O)COCC2=O)s1. The molecule has 1 aliphatic rings. The second-order valence-corrected chi connectivity index (χ2v) is 4.37. The van der Waals surface area contributed by atoms with E-state index in [0.29, 0.717) is 4.88 Å². The monoisotopic (exact) mass is 268 g/mol. The Morgan fingerprint density at radius 2 is 2.11 bits per heavy atom. The van der Waals surface area contributed by atoms with Gasteiger partial charge in [0, 0.05) is 17.2 Å². The van der Waals surface area contributed by atoms with Crippen LogP contribution in [0, 0.1) is 0 Å². The van der Waals surface area contributed by atoms with Gasteiger partial charge in [-0.1, -0.05) is 11.3 Å². The number of morpholine rings is 1. The van der Waals surface area contributed by atoms with Crippen molar-refractivity contribution in [3.05, 3.63) is 17.2 Å². The molecule has 0 aliphatic carbocycles. The van der Waals surface area contributed by atoms with E-state index in [4.69, 9.17) is 9.84 Å². The van der Waals surface area contributed by atoms with E-state index >= 15 is 0 Å². The first-order valence-electron chi connectivity index (χ1n) is 4.88. The number of aliphatic carboxylic acids is 1. The van der Waals surface area contributed by atoms with Crippen molar-refractivity contribution in [3.8, 4) is 0 Å². The van der Waals surface area contributed by atoms with Gasteiger partial charge in [-0.3, -0.25) is 9.59 Å². The van der Waals surface area contributed by atoms with Crippen LogP contribution in [0.4, 0.5) is 5.13 Å². The molecule has 0 unspecified atom stereocenters. The van der Waals surface area contributed by atoms with Crippen molar-refractivity contribution in [2.24, 2.45) is 0 Å². The van der Waals surface area contributed by atoms with E-state index in [0.717, 1.165) is 22.3 Å². The number of rotatable bonds is 3. The molecular formula is C10H8N2O5S. The second kappa shape index (κ2) is 5.07. The summed E-state index contributed by atoms with van der Waals surface area (Å²) in [6.45, 7) is -0.322. The van der Waals surface area contributed by atoms with E-state index in [1.165, 1.54) is 12.3 Å². The van der Waals surface area contributed by atoms with Gasteiger partial charge in [-0.2, -0.15) is 0 Å². The Kier molecular flexibility index (Phi) is 3.49. The molecule has 0 radical (unpaired) electrons. The maximum absolute atomic E-state index is 11.5. The molecule has 0 bridgehead atoms. The quantitative estimate of drug-likeness (QED) is 0.618. The fraction of sp³-hybridized carbons (Fsp3) is 0.200. The highest BCUT2D eigenvalue weighted by molar-refractivity contribution is 7.16. The van der Waals surface area contributed by atoms with Crippen LogP contribution in [-0.2, 0) is 19.1 Å². The van der Waals surface area contributed by atoms with Gasteiger partial charge in [0.15, 0.2) is 5.13 Å². The number of carboxylic acid groups (broad SMARTS) is 1. The topological polar surface area (TPSA) is 96.8 Å². The van der Waals surface area contributed by atoms with Crippen LogP contribution in [0.5, 0.6) is 0 Å². The van der Waals surface area contributed by atoms with Gasteiger partial charge in [-0.15, -0.1) is 0 Å². The third-order valence-electron chi connectivity index (χ3n) is 2.04. The van der Waals surface area contributed by atoms with Gasteiger partial charge in [-0.05, 0) is 6.08 Å². The number of amides is 2. The van der Waals surface area contributed by atoms with Gasteiger partial charge in [-0.25, -0.2) is 14.7 Å². The first-order valence-corrected chi connectivity index (χ1v) is 5.70. The first-order chi connectivity index (χ1) is 8.58. The predicted octanol–water partition coefficient (Wildman–Crippen LogP) is 0.131. The number of ether oxygens (including phenoxy) is 1. The van der Waals surface area contributed by atoms with Gasteiger partial charge in [0.05, 0.1) is 0 Å². The fourth-order valence-corrected chi connectivity index (χ4v) is 2.17. The molecule has 1 aliphatic heterocycles. The lowest BCUT2D eigenvalue weighted by Gasteiger charge is -2.21. The van der Waals surface area contributed by atoms with Crippen LogP contribution in [0.15, 0.2) is 12.3 Å². The Bertz CT molecular complexity index is 520. The van der Waals surface area contributed by atoms with Crippen molar-refractivity contribution < 1.29 is 24.2 Å². The van der Waals surface area contributed by atoms with Crippen LogP contribution >= 0.6 is 11.3 Å². The Balaban J connectivity index is 2.21. The normalized spacial score (nSPS) is 16.6. The highest BCUT2D eigenvalue weighted by Crippen LogP contribution is 2.25. The van der Waals surface area contributed by atoms with Gasteiger partial charge >= 0.3 is 5.97 Å². The standard InChI is InChI=1S/C10H8N2O5S/c13-7-4-17-5-8(14)12(7)10-11-3-6(18-10)1-2-9(15)16/h1-3H,4-5H2,(H,15,16)/b2-1+. The van der Waals surface area contributed by atoms with Gasteiger partial charge in [0.25, 0.3) is 11.8 Å². The molecule has 1 fully saturated rings. The van der Waals surface area contributed by atoms with E-state index in [2.05, 4.69) is 4.98 Å². The molecule has 2 amide bonds. The number of carboxylic acids is 1. The number of hydrogen-bond acceptors (Lipinski definition) is 6. The van der Waals surface area contributed by atoms with E-state index in [9.17, 15) is 14.4 Å². The second-order valence-electron chi connectivity index (χ2n) is 3.33. The summed E-state index contributed by atoms with van der Waals surface area (Å²) in [4.78, 5) is 38.8. The molecule has 1 N–H and O–H groups in total. The van der Waals surface area contributed by atoms with Crippen molar-refractivity contribution in [2.45, 2.75) is 0 Å². The third kappa shape index (κ3) is 2.60. The Morgan fingerprint density at radius 3 is 2.72 bits per heavy atom. The molecule has 18 heavy (non-hydrogen) atoms. The molecule has 0 saturated carbocycles. The van der Waals surface area contributed by atoms with Crippen LogP contribution in [0.2, 0.25) is 0 Å². The van der Waals surface area contributed by atoms with Crippen molar-refractivity contribution in [1.29, 1.82) is 0 Å². The van der Waals surface area contributed by atoms with Gasteiger partial charge < -0.3 is 9.84 Å². The number of anilines is 1. The molecule has 8 heteroatoms. The average molecular weight is 268 g/mol. The average Bonchev–Trinajstić information content (AvgIpc) is 2.75. The van der Waals surface area contributed by atoms with E-state index in [1.54, 1.807) is 0 Å². The summed E-state index contributed by atoms with van der Waals surface area (Å²) in [5.41, 5.74) is 0. The predicted molar refractivity (Wildman–Crippen MR) is 62.1 cm³/mol. The number of hydrogen-bond donors (Lipinski definition) is 1. The number of nitrogens with zero attached hydrogens (tertiary/aromatic N) is 2. The Hall–Kier alpha value is -2.06. The van der Waals surface area contributed by atoms with Crippen molar-refractivity contribution in [2.75, 3.05) is 18.1 Å². The summed E-state index contributed by atoms with van der Waals surface area (Å²) < 4.78 is 4.78. The lowest BCUT2D eigenvalue weighted by atomic mass is 10.4. The van der Waals surface area contributed by atoms with Crippen molar-refractivity contribution in [3.63, 3.8) is 0 Å². The highest BCUT2D eigenvalue weighted by Gasteiger charge is 2.30. The smallest absolute Gasteiger partial charge is 0.328 e. The molecule has 0 atom stereocenters. The number of carbonyl (C=O) groups excluding carboxylic acids is 2. The van der Waals surface area contributed by atoms with E-state index in [-0.39, 0.29) is 18.3 Å². The minimum atomic E-state index is -1.08. The first kappa shape index (κ1) is 12.4. The van der Waals surface area contributed by atoms with Crippen LogP contribution < -0.4 is 4.90 Å². The molecule has 2 rings (SSSR count). The third-order valence-corrected chi connectivity index (χ3v) is 2.99. The highest BCUT2D eigenvalue weighted by atomic mass is 32.1. The van der Waals surface area contributed by atoms with E-state index < -0.39 is 17.8 Å². The minimum absolute atomic E-state index is 0.161. The number of thiazole rings is 1. The van der Waals surface area contributed by atoms with Crippen LogP contribution in [-0.4, -0.2) is 41.1 Å². The molecule has 1 aromatic heterocycles. The molecule has 7 nitrogen and oxygen atoms in total. The molecule has 1 saturated heterocycles. The minimum Gasteiger partial charge on any atom is -0.478 e. The lowest BCUT2D eigenvalue weighted by molar-refractivity contribution is -0.138. The summed E-state index contributed by atoms with van der Waals surface area (Å²) in [5, 5.41) is 8.70. The molecule has 1 aromatic rings. The number of aromatic nitrogens is 1. The van der Waals surface area contributed by atoms with Gasteiger partial charge in [0.1, 0.15) is 13.2 Å². The van der Waals surface area contributed by atoms with Crippen molar-refractivity contribution >= 4 is 40.3 Å². The molecule has 0 aromatic carbocycles. The number of imide groups is 1.